The van der Waals surface area contributed by atoms with E-state index in [4.69, 9.17) is 11.6 Å². The number of hydrogen-bond donors (Lipinski definition) is 1. The minimum absolute atomic E-state index is 0.0841. The van der Waals surface area contributed by atoms with Gasteiger partial charge in [0.1, 0.15) is 0 Å². The van der Waals surface area contributed by atoms with Gasteiger partial charge in [0.25, 0.3) is 0 Å². The average molecular weight is 411 g/mol. The molecule has 2 aromatic carbocycles. The van der Waals surface area contributed by atoms with Gasteiger partial charge in [0.15, 0.2) is 5.78 Å². The zero-order valence-electron chi connectivity index (χ0n) is 16.4. The first kappa shape index (κ1) is 20.4. The number of nitrogens with one attached hydrogen (secondary N) is 1. The zero-order valence-corrected chi connectivity index (χ0v) is 18.0. The van der Waals surface area contributed by atoms with Crippen molar-refractivity contribution in [2.45, 2.75) is 38.0 Å². The van der Waals surface area contributed by atoms with Crippen LogP contribution in [0.1, 0.15) is 48.0 Å². The molecule has 3 rings (SSSR count). The molecule has 0 saturated carbocycles. The van der Waals surface area contributed by atoms with Gasteiger partial charge >= 0.3 is 0 Å². The number of rotatable bonds is 5. The van der Waals surface area contributed by atoms with Gasteiger partial charge in [0.05, 0.1) is 5.69 Å². The molecule has 0 bridgehead atoms. The van der Waals surface area contributed by atoms with Gasteiger partial charge in [-0.2, -0.15) is 0 Å². The monoisotopic (exact) mass is 410 g/mol. The van der Waals surface area contributed by atoms with Gasteiger partial charge in [0.2, 0.25) is 0 Å². The summed E-state index contributed by atoms with van der Waals surface area (Å²) < 4.78 is 3.30. The Kier molecular flexibility index (Phi) is 6.11. The molecule has 3 nitrogen and oxygen atoms in total. The third-order valence-electron chi connectivity index (χ3n) is 4.38. The van der Waals surface area contributed by atoms with E-state index in [0.717, 1.165) is 16.3 Å². The summed E-state index contributed by atoms with van der Waals surface area (Å²) in [4.78, 5) is 18.2. The summed E-state index contributed by atoms with van der Waals surface area (Å²) in [5.74, 6) is -0.0841. The van der Waals surface area contributed by atoms with Crippen molar-refractivity contribution in [3.05, 3.63) is 88.2 Å². The van der Waals surface area contributed by atoms with Crippen molar-refractivity contribution >= 4 is 35.0 Å². The number of hydrogen-bond acceptors (Lipinski definition) is 4. The lowest BCUT2D eigenvalue weighted by Crippen LogP contribution is -2.10. The van der Waals surface area contributed by atoms with E-state index in [1.54, 1.807) is 30.5 Å². The second kappa shape index (κ2) is 8.38. The second-order valence-electron chi connectivity index (χ2n) is 7.68. The van der Waals surface area contributed by atoms with Crippen LogP contribution >= 0.6 is 23.5 Å². The SMILES string of the molecule is Cc1cc(C(=O)c2cc(Cl)ccc2NSc2ccc(C(C)(C)C)cc2)ccn1. The molecule has 0 saturated heterocycles. The molecule has 0 aliphatic heterocycles. The molecule has 1 heterocycles. The third-order valence-corrected chi connectivity index (χ3v) is 5.45. The Morgan fingerprint density at radius 1 is 1.04 bits per heavy atom. The van der Waals surface area contributed by atoms with Gasteiger partial charge in [-0.25, -0.2) is 0 Å². The highest BCUT2D eigenvalue weighted by molar-refractivity contribution is 8.00. The third kappa shape index (κ3) is 4.94. The van der Waals surface area contributed by atoms with Crippen LogP contribution in [0.15, 0.2) is 65.7 Å². The van der Waals surface area contributed by atoms with E-state index in [-0.39, 0.29) is 11.2 Å². The molecule has 1 aromatic heterocycles. The maximum Gasteiger partial charge on any atom is 0.195 e. The van der Waals surface area contributed by atoms with Gasteiger partial charge < -0.3 is 4.72 Å². The van der Waals surface area contributed by atoms with E-state index in [9.17, 15) is 4.79 Å². The van der Waals surface area contributed by atoms with Gasteiger partial charge in [0, 0.05) is 32.9 Å². The number of benzene rings is 2. The van der Waals surface area contributed by atoms with E-state index in [0.29, 0.717) is 16.1 Å². The Morgan fingerprint density at radius 2 is 1.75 bits per heavy atom. The van der Waals surface area contributed by atoms with Crippen LogP contribution in [-0.2, 0) is 5.41 Å². The molecular formula is C23H23ClN2OS. The van der Waals surface area contributed by atoms with Crippen molar-refractivity contribution in [2.24, 2.45) is 0 Å². The lowest BCUT2D eigenvalue weighted by atomic mass is 9.87. The number of carbonyl (C=O) groups is 1. The van der Waals surface area contributed by atoms with Crippen molar-refractivity contribution < 1.29 is 4.79 Å². The molecule has 0 aliphatic carbocycles. The van der Waals surface area contributed by atoms with E-state index in [1.165, 1.54) is 17.5 Å². The number of ketones is 1. The van der Waals surface area contributed by atoms with Crippen molar-refractivity contribution in [3.8, 4) is 0 Å². The number of pyridine rings is 1. The van der Waals surface area contributed by atoms with E-state index in [1.807, 2.05) is 13.0 Å². The smallest absolute Gasteiger partial charge is 0.195 e. The molecule has 0 fully saturated rings. The number of aryl methyl sites for hydroxylation is 1. The molecule has 3 aromatic rings. The van der Waals surface area contributed by atoms with Crippen LogP contribution in [0.3, 0.4) is 0 Å². The topological polar surface area (TPSA) is 42.0 Å². The van der Waals surface area contributed by atoms with Crippen molar-refractivity contribution in [1.82, 2.24) is 4.98 Å². The Bertz CT molecular complexity index is 994. The largest absolute Gasteiger partial charge is 0.325 e. The fourth-order valence-corrected chi connectivity index (χ4v) is 3.62. The fraction of sp³-hybridized carbons (Fsp3) is 0.217. The standard InChI is InChI=1S/C23H23ClN2OS/c1-15-13-16(11-12-25-15)22(27)20-14-18(24)7-10-21(20)26-28-19-8-5-17(6-9-19)23(2,3)4/h5-14,26H,1-4H3. The first-order valence-electron chi connectivity index (χ1n) is 9.04. The maximum atomic E-state index is 13.0. The minimum Gasteiger partial charge on any atom is -0.325 e. The van der Waals surface area contributed by atoms with Gasteiger partial charge in [-0.3, -0.25) is 9.78 Å². The van der Waals surface area contributed by atoms with Crippen LogP contribution in [0.2, 0.25) is 5.02 Å². The quantitative estimate of drug-likeness (QED) is 0.375. The Hall–Kier alpha value is -2.30. The van der Waals surface area contributed by atoms with Crippen LogP contribution < -0.4 is 4.72 Å². The first-order valence-corrected chi connectivity index (χ1v) is 10.2. The molecule has 28 heavy (non-hydrogen) atoms. The molecule has 1 N–H and O–H groups in total. The molecule has 0 spiro atoms. The normalized spacial score (nSPS) is 11.3. The molecule has 0 amide bonds. The predicted molar refractivity (Wildman–Crippen MR) is 118 cm³/mol. The highest BCUT2D eigenvalue weighted by Gasteiger charge is 2.16. The Morgan fingerprint density at radius 3 is 2.39 bits per heavy atom. The highest BCUT2D eigenvalue weighted by atomic mass is 35.5. The summed E-state index contributed by atoms with van der Waals surface area (Å²) in [6.45, 7) is 8.45. The summed E-state index contributed by atoms with van der Waals surface area (Å²) in [7, 11) is 0. The van der Waals surface area contributed by atoms with Gasteiger partial charge in [-0.05, 0) is 72.3 Å². The highest BCUT2D eigenvalue weighted by Crippen LogP contribution is 2.30. The summed E-state index contributed by atoms with van der Waals surface area (Å²) >= 11 is 7.63. The molecule has 144 valence electrons. The van der Waals surface area contributed by atoms with Gasteiger partial charge in [-0.1, -0.05) is 44.5 Å². The lowest BCUT2D eigenvalue weighted by Gasteiger charge is -2.19. The van der Waals surface area contributed by atoms with Crippen LogP contribution in [0, 0.1) is 6.92 Å². The Labute approximate surface area is 175 Å². The van der Waals surface area contributed by atoms with Crippen LogP contribution in [-0.4, -0.2) is 10.8 Å². The number of aromatic nitrogens is 1. The summed E-state index contributed by atoms with van der Waals surface area (Å²) in [5, 5.41) is 0.527. The second-order valence-corrected chi connectivity index (χ2v) is 9.00. The summed E-state index contributed by atoms with van der Waals surface area (Å²) in [5.41, 5.74) is 4.07. The lowest BCUT2D eigenvalue weighted by molar-refractivity contribution is 0.103. The van der Waals surface area contributed by atoms with Crippen molar-refractivity contribution in [1.29, 1.82) is 0 Å². The van der Waals surface area contributed by atoms with E-state index < -0.39 is 0 Å². The molecule has 0 radical (unpaired) electrons. The molecule has 0 atom stereocenters. The van der Waals surface area contributed by atoms with Crippen LogP contribution in [0.5, 0.6) is 0 Å². The van der Waals surface area contributed by atoms with Crippen LogP contribution in [0.25, 0.3) is 0 Å². The van der Waals surface area contributed by atoms with Crippen molar-refractivity contribution in [2.75, 3.05) is 4.72 Å². The zero-order chi connectivity index (χ0) is 20.3. The number of carbonyl (C=O) groups excluding carboxylic acids is 1. The fourth-order valence-electron chi connectivity index (χ4n) is 2.77. The van der Waals surface area contributed by atoms with E-state index >= 15 is 0 Å². The number of nitrogens with zero attached hydrogens (tertiary/aromatic N) is 1. The minimum atomic E-state index is -0.0841. The number of halogens is 1. The maximum absolute atomic E-state index is 13.0. The number of anilines is 1. The van der Waals surface area contributed by atoms with E-state index in [2.05, 4.69) is 54.7 Å². The molecule has 0 aliphatic rings. The molecule has 0 unspecified atom stereocenters. The van der Waals surface area contributed by atoms with Crippen molar-refractivity contribution in [3.63, 3.8) is 0 Å². The summed E-state index contributed by atoms with van der Waals surface area (Å²) in [6.07, 6.45) is 1.64. The average Bonchev–Trinajstić information content (AvgIpc) is 2.66. The molecule has 5 heteroatoms. The summed E-state index contributed by atoms with van der Waals surface area (Å²) in [6, 6.07) is 17.3. The van der Waals surface area contributed by atoms with Gasteiger partial charge in [-0.15, -0.1) is 0 Å². The predicted octanol–water partition coefficient (Wildman–Crippen LogP) is 6.69. The molecular weight excluding hydrogens is 388 g/mol. The van der Waals surface area contributed by atoms with Crippen LogP contribution in [0.4, 0.5) is 5.69 Å². The Balaban J connectivity index is 1.82. The first-order chi connectivity index (χ1) is 13.2.